The predicted molar refractivity (Wildman–Crippen MR) is 73.4 cm³/mol. The summed E-state index contributed by atoms with van der Waals surface area (Å²) in [5.41, 5.74) is 3.86. The number of allylic oxidation sites excluding steroid dienone is 5. The average Bonchev–Trinajstić information content (AvgIpc) is 2.30. The molecule has 0 spiro atoms. The predicted octanol–water partition coefficient (Wildman–Crippen LogP) is 4.78. The number of hydrogen-bond donors (Lipinski definition) is 0. The van der Waals surface area contributed by atoms with Crippen molar-refractivity contribution in [1.29, 1.82) is 0 Å². The van der Waals surface area contributed by atoms with Gasteiger partial charge in [-0.15, -0.1) is 0 Å². The summed E-state index contributed by atoms with van der Waals surface area (Å²) in [4.78, 5) is 0. The molecule has 0 radical (unpaired) electrons. The van der Waals surface area contributed by atoms with E-state index >= 15 is 0 Å². The van der Waals surface area contributed by atoms with Gasteiger partial charge in [0.2, 0.25) is 0 Å². The Bertz CT molecular complexity index is 377. The topological polar surface area (TPSA) is 0 Å². The molecule has 0 atom stereocenters. The van der Waals surface area contributed by atoms with Crippen LogP contribution in [0.25, 0.3) is 5.57 Å². The van der Waals surface area contributed by atoms with E-state index in [4.69, 9.17) is 0 Å². The fourth-order valence-corrected chi connectivity index (χ4v) is 1.71. The van der Waals surface area contributed by atoms with Crippen LogP contribution in [0.15, 0.2) is 55.1 Å². The number of hydrogen-bond acceptors (Lipinski definition) is 0. The summed E-state index contributed by atoms with van der Waals surface area (Å²) >= 11 is 0. The lowest BCUT2D eigenvalue weighted by Gasteiger charge is -2.04. The fraction of sp³-hybridized carbons (Fsp3) is 0.250. The first kappa shape index (κ1) is 12.5. The molecule has 1 rings (SSSR count). The Morgan fingerprint density at radius 2 is 1.94 bits per heavy atom. The van der Waals surface area contributed by atoms with Crippen LogP contribution >= 0.6 is 0 Å². The van der Waals surface area contributed by atoms with Crippen molar-refractivity contribution in [1.82, 2.24) is 0 Å². The first-order chi connectivity index (χ1) is 7.81. The normalized spacial score (nSPS) is 12.0. The minimum absolute atomic E-state index is 1.16. The molecule has 0 aromatic heterocycles. The number of aryl methyl sites for hydroxylation is 1. The standard InChI is InChI=1S/C16H20/c1-4-7-14-10-12-16(13-11-14)15(8-5-2)9-6-3/h5-6,8-13H,2,4,7H2,1,3H3/b9-6-,15-8+. The van der Waals surface area contributed by atoms with E-state index in [0.717, 1.165) is 6.42 Å². The maximum Gasteiger partial charge on any atom is -0.0184 e. The van der Waals surface area contributed by atoms with Crippen LogP contribution in [0.2, 0.25) is 0 Å². The molecule has 0 bridgehead atoms. The van der Waals surface area contributed by atoms with Crippen LogP contribution in [0.4, 0.5) is 0 Å². The van der Waals surface area contributed by atoms with Crippen molar-refractivity contribution < 1.29 is 0 Å². The van der Waals surface area contributed by atoms with Gasteiger partial charge in [0.25, 0.3) is 0 Å². The molecule has 0 fully saturated rings. The molecular formula is C16H20. The van der Waals surface area contributed by atoms with Gasteiger partial charge in [-0.3, -0.25) is 0 Å². The maximum absolute atomic E-state index is 3.74. The second-order valence-electron chi connectivity index (χ2n) is 3.80. The van der Waals surface area contributed by atoms with Gasteiger partial charge in [0.05, 0.1) is 0 Å². The van der Waals surface area contributed by atoms with Crippen LogP contribution in [0.5, 0.6) is 0 Å². The molecule has 1 aromatic carbocycles. The van der Waals surface area contributed by atoms with Crippen molar-refractivity contribution in [2.45, 2.75) is 26.7 Å². The van der Waals surface area contributed by atoms with Crippen molar-refractivity contribution in [2.75, 3.05) is 0 Å². The zero-order valence-electron chi connectivity index (χ0n) is 10.2. The molecular weight excluding hydrogens is 192 g/mol. The summed E-state index contributed by atoms with van der Waals surface area (Å²) < 4.78 is 0. The molecule has 0 heterocycles. The molecule has 84 valence electrons. The quantitative estimate of drug-likeness (QED) is 0.616. The van der Waals surface area contributed by atoms with Crippen LogP contribution in [0, 0.1) is 0 Å². The Morgan fingerprint density at radius 3 is 2.44 bits per heavy atom. The van der Waals surface area contributed by atoms with E-state index in [0.29, 0.717) is 0 Å². The highest BCUT2D eigenvalue weighted by molar-refractivity contribution is 5.75. The second kappa shape index (κ2) is 6.84. The van der Waals surface area contributed by atoms with Crippen molar-refractivity contribution in [3.05, 3.63) is 66.3 Å². The number of rotatable bonds is 5. The largest absolute Gasteiger partial charge is 0.0990 e. The van der Waals surface area contributed by atoms with Gasteiger partial charge >= 0.3 is 0 Å². The Morgan fingerprint density at radius 1 is 1.25 bits per heavy atom. The first-order valence-corrected chi connectivity index (χ1v) is 5.86. The van der Waals surface area contributed by atoms with Crippen LogP contribution in [0.3, 0.4) is 0 Å². The molecule has 0 unspecified atom stereocenters. The number of benzene rings is 1. The molecule has 0 aliphatic rings. The van der Waals surface area contributed by atoms with Gasteiger partial charge in [0, 0.05) is 0 Å². The minimum Gasteiger partial charge on any atom is -0.0990 e. The second-order valence-corrected chi connectivity index (χ2v) is 3.80. The zero-order valence-corrected chi connectivity index (χ0v) is 10.2. The van der Waals surface area contributed by atoms with Crippen LogP contribution in [-0.2, 0) is 6.42 Å². The van der Waals surface area contributed by atoms with E-state index in [-0.39, 0.29) is 0 Å². The highest BCUT2D eigenvalue weighted by Crippen LogP contribution is 2.17. The van der Waals surface area contributed by atoms with E-state index in [1.165, 1.54) is 23.1 Å². The van der Waals surface area contributed by atoms with Crippen LogP contribution in [-0.4, -0.2) is 0 Å². The van der Waals surface area contributed by atoms with Crippen LogP contribution in [0.1, 0.15) is 31.4 Å². The van der Waals surface area contributed by atoms with E-state index in [9.17, 15) is 0 Å². The van der Waals surface area contributed by atoms with Gasteiger partial charge in [-0.2, -0.15) is 0 Å². The lowest BCUT2D eigenvalue weighted by atomic mass is 10.0. The summed E-state index contributed by atoms with van der Waals surface area (Å²) in [5, 5.41) is 0. The summed E-state index contributed by atoms with van der Waals surface area (Å²) in [6.45, 7) is 7.98. The van der Waals surface area contributed by atoms with Gasteiger partial charge in [0.1, 0.15) is 0 Å². The molecule has 0 N–H and O–H groups in total. The molecule has 0 amide bonds. The van der Waals surface area contributed by atoms with E-state index in [1.54, 1.807) is 0 Å². The fourth-order valence-electron chi connectivity index (χ4n) is 1.71. The van der Waals surface area contributed by atoms with Crippen LogP contribution < -0.4 is 0 Å². The molecule has 0 nitrogen and oxygen atoms in total. The van der Waals surface area contributed by atoms with Crippen molar-refractivity contribution >= 4 is 5.57 Å². The van der Waals surface area contributed by atoms with E-state index in [2.05, 4.69) is 49.9 Å². The van der Waals surface area contributed by atoms with Crippen molar-refractivity contribution in [3.8, 4) is 0 Å². The molecule has 0 heteroatoms. The van der Waals surface area contributed by atoms with Gasteiger partial charge in [-0.1, -0.05) is 68.5 Å². The van der Waals surface area contributed by atoms with Gasteiger partial charge in [-0.05, 0) is 30.0 Å². The molecule has 0 saturated heterocycles. The molecule has 1 aromatic rings. The summed E-state index contributed by atoms with van der Waals surface area (Å²) in [7, 11) is 0. The van der Waals surface area contributed by atoms with Crippen molar-refractivity contribution in [3.63, 3.8) is 0 Å². The monoisotopic (exact) mass is 212 g/mol. The van der Waals surface area contributed by atoms with Gasteiger partial charge in [-0.25, -0.2) is 0 Å². The first-order valence-electron chi connectivity index (χ1n) is 5.86. The Kier molecular flexibility index (Phi) is 5.35. The van der Waals surface area contributed by atoms with Gasteiger partial charge in [0.15, 0.2) is 0 Å². The summed E-state index contributed by atoms with van der Waals surface area (Å²) in [6.07, 6.45) is 10.4. The smallest absolute Gasteiger partial charge is 0.0184 e. The third-order valence-electron chi connectivity index (χ3n) is 2.47. The van der Waals surface area contributed by atoms with Gasteiger partial charge < -0.3 is 0 Å². The summed E-state index contributed by atoms with van der Waals surface area (Å²) in [6, 6.07) is 8.78. The lowest BCUT2D eigenvalue weighted by molar-refractivity contribution is 0.922. The molecule has 0 saturated carbocycles. The Hall–Kier alpha value is -1.56. The lowest BCUT2D eigenvalue weighted by Crippen LogP contribution is -1.85. The molecule has 0 aliphatic carbocycles. The van der Waals surface area contributed by atoms with E-state index in [1.807, 2.05) is 19.1 Å². The molecule has 16 heavy (non-hydrogen) atoms. The Balaban J connectivity index is 2.94. The maximum atomic E-state index is 3.74. The SMILES string of the molecule is C=C/C=C(\C=C/C)c1ccc(CCC)cc1. The average molecular weight is 212 g/mol. The zero-order chi connectivity index (χ0) is 11.8. The highest BCUT2D eigenvalue weighted by Gasteiger charge is 1.97. The molecule has 0 aliphatic heterocycles. The van der Waals surface area contributed by atoms with E-state index < -0.39 is 0 Å². The Labute approximate surface area is 99.0 Å². The highest BCUT2D eigenvalue weighted by atomic mass is 14.0. The minimum atomic E-state index is 1.16. The van der Waals surface area contributed by atoms with Crippen molar-refractivity contribution in [2.24, 2.45) is 0 Å². The third kappa shape index (κ3) is 3.54. The third-order valence-corrected chi connectivity index (χ3v) is 2.47. The summed E-state index contributed by atoms with van der Waals surface area (Å²) in [5.74, 6) is 0.